The standard InChI is InChI=1S/C11H17NOS/c1-9-3-5-14-11(9)7-12-4-2-10(6-12)8-13/h3,5,10,13H,2,4,6-8H2,1H3/t10-/m0/s1. The van der Waals surface area contributed by atoms with Crippen LogP contribution in [0.15, 0.2) is 11.4 Å². The number of aliphatic hydroxyl groups excluding tert-OH is 1. The van der Waals surface area contributed by atoms with Gasteiger partial charge in [0.15, 0.2) is 0 Å². The molecule has 2 heterocycles. The van der Waals surface area contributed by atoms with Crippen LogP contribution in [0, 0.1) is 12.8 Å². The predicted molar refractivity (Wildman–Crippen MR) is 59.5 cm³/mol. The molecule has 3 heteroatoms. The lowest BCUT2D eigenvalue weighted by Crippen LogP contribution is -2.20. The fourth-order valence-corrected chi connectivity index (χ4v) is 2.92. The number of nitrogens with zero attached hydrogens (tertiary/aromatic N) is 1. The van der Waals surface area contributed by atoms with Crippen molar-refractivity contribution in [3.8, 4) is 0 Å². The molecule has 0 spiro atoms. The van der Waals surface area contributed by atoms with Crippen LogP contribution in [0.3, 0.4) is 0 Å². The molecule has 0 amide bonds. The van der Waals surface area contributed by atoms with E-state index in [9.17, 15) is 0 Å². The maximum absolute atomic E-state index is 9.04. The van der Waals surface area contributed by atoms with Gasteiger partial charge in [-0.15, -0.1) is 11.3 Å². The highest BCUT2D eigenvalue weighted by Crippen LogP contribution is 2.22. The zero-order valence-corrected chi connectivity index (χ0v) is 9.39. The maximum Gasteiger partial charge on any atom is 0.0471 e. The Balaban J connectivity index is 1.90. The van der Waals surface area contributed by atoms with Crippen LogP contribution in [-0.4, -0.2) is 29.7 Å². The summed E-state index contributed by atoms with van der Waals surface area (Å²) < 4.78 is 0. The van der Waals surface area contributed by atoms with E-state index in [1.54, 1.807) is 0 Å². The molecule has 0 bridgehead atoms. The molecule has 1 N–H and O–H groups in total. The molecule has 0 saturated carbocycles. The molecule has 1 fully saturated rings. The molecule has 1 saturated heterocycles. The summed E-state index contributed by atoms with van der Waals surface area (Å²) in [6.45, 7) is 5.79. The lowest BCUT2D eigenvalue weighted by molar-refractivity contribution is 0.220. The molecule has 1 aromatic heterocycles. The molecule has 1 aliphatic heterocycles. The molecule has 1 aromatic rings. The molecule has 14 heavy (non-hydrogen) atoms. The minimum Gasteiger partial charge on any atom is -0.396 e. The van der Waals surface area contributed by atoms with Crippen molar-refractivity contribution in [2.45, 2.75) is 19.9 Å². The number of likely N-dealkylation sites (tertiary alicyclic amines) is 1. The predicted octanol–water partition coefficient (Wildman–Crippen LogP) is 1.87. The number of hydrogen-bond acceptors (Lipinski definition) is 3. The van der Waals surface area contributed by atoms with Crippen molar-refractivity contribution in [3.05, 3.63) is 21.9 Å². The SMILES string of the molecule is Cc1ccsc1CN1CC[C@H](CO)C1. The van der Waals surface area contributed by atoms with Gasteiger partial charge in [-0.2, -0.15) is 0 Å². The Morgan fingerprint density at radius 1 is 1.64 bits per heavy atom. The summed E-state index contributed by atoms with van der Waals surface area (Å²) in [5.41, 5.74) is 1.41. The summed E-state index contributed by atoms with van der Waals surface area (Å²) in [6.07, 6.45) is 1.15. The van der Waals surface area contributed by atoms with Crippen LogP contribution >= 0.6 is 11.3 Å². The Bertz CT molecular complexity index is 297. The van der Waals surface area contributed by atoms with Crippen LogP contribution < -0.4 is 0 Å². The van der Waals surface area contributed by atoms with E-state index in [2.05, 4.69) is 23.3 Å². The second-order valence-electron chi connectivity index (χ2n) is 4.10. The van der Waals surface area contributed by atoms with Gasteiger partial charge in [0, 0.05) is 24.6 Å². The quantitative estimate of drug-likeness (QED) is 0.825. The smallest absolute Gasteiger partial charge is 0.0471 e. The van der Waals surface area contributed by atoms with Crippen molar-refractivity contribution in [1.82, 2.24) is 4.90 Å². The van der Waals surface area contributed by atoms with E-state index >= 15 is 0 Å². The topological polar surface area (TPSA) is 23.5 Å². The summed E-state index contributed by atoms with van der Waals surface area (Å²) in [4.78, 5) is 3.92. The Morgan fingerprint density at radius 2 is 2.50 bits per heavy atom. The first kappa shape index (κ1) is 10.1. The number of aliphatic hydroxyl groups is 1. The van der Waals surface area contributed by atoms with Crippen molar-refractivity contribution >= 4 is 11.3 Å². The van der Waals surface area contributed by atoms with E-state index < -0.39 is 0 Å². The summed E-state index contributed by atoms with van der Waals surface area (Å²) in [5, 5.41) is 11.2. The number of aryl methyl sites for hydroxylation is 1. The van der Waals surface area contributed by atoms with Crippen LogP contribution in [-0.2, 0) is 6.54 Å². The fourth-order valence-electron chi connectivity index (χ4n) is 1.97. The van der Waals surface area contributed by atoms with Crippen molar-refractivity contribution in [2.75, 3.05) is 19.7 Å². The Hall–Kier alpha value is -0.380. The third kappa shape index (κ3) is 2.16. The Labute approximate surface area is 89.2 Å². The summed E-state index contributed by atoms with van der Waals surface area (Å²) in [7, 11) is 0. The molecular weight excluding hydrogens is 194 g/mol. The number of thiophene rings is 1. The first-order valence-corrected chi connectivity index (χ1v) is 6.03. The average molecular weight is 211 g/mol. The average Bonchev–Trinajstić information content (AvgIpc) is 2.77. The summed E-state index contributed by atoms with van der Waals surface area (Å²) in [6, 6.07) is 2.18. The normalized spacial score (nSPS) is 23.1. The van der Waals surface area contributed by atoms with Crippen molar-refractivity contribution in [1.29, 1.82) is 0 Å². The Kier molecular flexibility index (Phi) is 3.21. The van der Waals surface area contributed by atoms with Gasteiger partial charge in [-0.1, -0.05) is 0 Å². The summed E-state index contributed by atoms with van der Waals surface area (Å²) in [5.74, 6) is 0.510. The second-order valence-corrected chi connectivity index (χ2v) is 5.10. The number of rotatable bonds is 3. The Morgan fingerprint density at radius 3 is 3.07 bits per heavy atom. The third-order valence-electron chi connectivity index (χ3n) is 2.96. The van der Waals surface area contributed by atoms with Gasteiger partial charge in [0.25, 0.3) is 0 Å². The maximum atomic E-state index is 9.04. The molecule has 2 rings (SSSR count). The molecule has 78 valence electrons. The molecule has 0 radical (unpaired) electrons. The van der Waals surface area contributed by atoms with Crippen LogP contribution in [0.2, 0.25) is 0 Å². The zero-order valence-electron chi connectivity index (χ0n) is 8.57. The van der Waals surface area contributed by atoms with Crippen LogP contribution in [0.1, 0.15) is 16.9 Å². The minimum atomic E-state index is 0.347. The minimum absolute atomic E-state index is 0.347. The van der Waals surface area contributed by atoms with Gasteiger partial charge < -0.3 is 5.11 Å². The van der Waals surface area contributed by atoms with Gasteiger partial charge >= 0.3 is 0 Å². The zero-order chi connectivity index (χ0) is 9.97. The highest BCUT2D eigenvalue weighted by atomic mass is 32.1. The molecule has 0 unspecified atom stereocenters. The van der Waals surface area contributed by atoms with E-state index in [1.807, 2.05) is 11.3 Å². The van der Waals surface area contributed by atoms with Crippen molar-refractivity contribution in [3.63, 3.8) is 0 Å². The van der Waals surface area contributed by atoms with Crippen LogP contribution in [0.25, 0.3) is 0 Å². The molecule has 2 nitrogen and oxygen atoms in total. The van der Waals surface area contributed by atoms with E-state index in [1.165, 1.54) is 10.4 Å². The van der Waals surface area contributed by atoms with E-state index in [4.69, 9.17) is 5.11 Å². The van der Waals surface area contributed by atoms with Crippen LogP contribution in [0.4, 0.5) is 0 Å². The van der Waals surface area contributed by atoms with E-state index in [0.29, 0.717) is 12.5 Å². The van der Waals surface area contributed by atoms with Gasteiger partial charge in [-0.3, -0.25) is 4.90 Å². The summed E-state index contributed by atoms with van der Waals surface area (Å²) >= 11 is 1.84. The molecule has 1 aliphatic rings. The van der Waals surface area contributed by atoms with Crippen molar-refractivity contribution in [2.24, 2.45) is 5.92 Å². The van der Waals surface area contributed by atoms with Gasteiger partial charge in [0.2, 0.25) is 0 Å². The molecule has 0 aliphatic carbocycles. The van der Waals surface area contributed by atoms with Gasteiger partial charge in [-0.25, -0.2) is 0 Å². The lowest BCUT2D eigenvalue weighted by atomic mass is 10.1. The monoisotopic (exact) mass is 211 g/mol. The van der Waals surface area contributed by atoms with Crippen LogP contribution in [0.5, 0.6) is 0 Å². The van der Waals surface area contributed by atoms with E-state index in [0.717, 1.165) is 26.1 Å². The van der Waals surface area contributed by atoms with E-state index in [-0.39, 0.29) is 0 Å². The molecule has 1 atom stereocenters. The van der Waals surface area contributed by atoms with Gasteiger partial charge in [0.1, 0.15) is 0 Å². The second kappa shape index (κ2) is 4.43. The lowest BCUT2D eigenvalue weighted by Gasteiger charge is -2.14. The first-order chi connectivity index (χ1) is 6.79. The van der Waals surface area contributed by atoms with Crippen molar-refractivity contribution < 1.29 is 5.11 Å². The largest absolute Gasteiger partial charge is 0.396 e. The highest BCUT2D eigenvalue weighted by molar-refractivity contribution is 7.10. The number of hydrogen-bond donors (Lipinski definition) is 1. The molecular formula is C11H17NOS. The highest BCUT2D eigenvalue weighted by Gasteiger charge is 2.22. The third-order valence-corrected chi connectivity index (χ3v) is 3.97. The van der Waals surface area contributed by atoms with Gasteiger partial charge in [-0.05, 0) is 42.8 Å². The first-order valence-electron chi connectivity index (χ1n) is 5.16. The fraction of sp³-hybridized carbons (Fsp3) is 0.636. The van der Waals surface area contributed by atoms with Gasteiger partial charge in [0.05, 0.1) is 0 Å². The molecule has 0 aromatic carbocycles.